The van der Waals surface area contributed by atoms with Gasteiger partial charge >= 0.3 is 0 Å². The van der Waals surface area contributed by atoms with Crippen molar-refractivity contribution in [1.82, 2.24) is 15.1 Å². The molecule has 1 aliphatic rings. The first-order chi connectivity index (χ1) is 13.7. The second-order valence-electron chi connectivity index (χ2n) is 7.32. The quantitative estimate of drug-likeness (QED) is 0.679. The highest BCUT2D eigenvalue weighted by Gasteiger charge is 2.17. The average molecular weight is 382 g/mol. The zero-order valence-electron chi connectivity index (χ0n) is 16.7. The van der Waals surface area contributed by atoms with Crippen LogP contribution in [-0.4, -0.2) is 61.1 Å². The maximum atomic E-state index is 12.2. The summed E-state index contributed by atoms with van der Waals surface area (Å²) < 4.78 is 5.66. The number of benzene rings is 2. The van der Waals surface area contributed by atoms with E-state index < -0.39 is 6.10 Å². The Morgan fingerprint density at radius 2 is 1.57 bits per heavy atom. The van der Waals surface area contributed by atoms with Crippen molar-refractivity contribution in [2.24, 2.45) is 0 Å². The minimum atomic E-state index is -0.482. The third-order valence-electron chi connectivity index (χ3n) is 5.09. The van der Waals surface area contributed by atoms with Gasteiger partial charge in [-0.1, -0.05) is 48.5 Å². The third kappa shape index (κ3) is 6.66. The maximum Gasteiger partial charge on any atom is 0.260 e. The van der Waals surface area contributed by atoms with Crippen LogP contribution in [0.1, 0.15) is 18.9 Å². The van der Waals surface area contributed by atoms with E-state index in [1.807, 2.05) is 30.3 Å². The average Bonchev–Trinajstić information content (AvgIpc) is 2.73. The van der Waals surface area contributed by atoms with E-state index in [0.29, 0.717) is 6.54 Å². The summed E-state index contributed by atoms with van der Waals surface area (Å²) in [5, 5.41) is 2.98. The van der Waals surface area contributed by atoms with Crippen molar-refractivity contribution in [3.63, 3.8) is 0 Å². The van der Waals surface area contributed by atoms with Crippen LogP contribution in [0.15, 0.2) is 60.7 Å². The summed E-state index contributed by atoms with van der Waals surface area (Å²) in [5.41, 5.74) is 1.38. The van der Waals surface area contributed by atoms with Crippen LogP contribution in [0.25, 0.3) is 0 Å². The molecule has 0 saturated carbocycles. The lowest BCUT2D eigenvalue weighted by molar-refractivity contribution is -0.127. The molecular weight excluding hydrogens is 350 g/mol. The molecule has 0 radical (unpaired) electrons. The van der Waals surface area contributed by atoms with Crippen LogP contribution in [0.4, 0.5) is 0 Å². The largest absolute Gasteiger partial charge is 0.481 e. The minimum absolute atomic E-state index is 0.0588. The summed E-state index contributed by atoms with van der Waals surface area (Å²) in [5.74, 6) is 0.662. The molecule has 1 unspecified atom stereocenters. The Hall–Kier alpha value is -2.37. The highest BCUT2D eigenvalue weighted by Crippen LogP contribution is 2.11. The molecule has 1 atom stereocenters. The van der Waals surface area contributed by atoms with Gasteiger partial charge in [0.15, 0.2) is 6.10 Å². The predicted molar refractivity (Wildman–Crippen MR) is 112 cm³/mol. The molecule has 1 aliphatic heterocycles. The van der Waals surface area contributed by atoms with Crippen molar-refractivity contribution < 1.29 is 9.53 Å². The molecule has 5 nitrogen and oxygen atoms in total. The minimum Gasteiger partial charge on any atom is -0.481 e. The second kappa shape index (κ2) is 10.8. The smallest absolute Gasteiger partial charge is 0.260 e. The topological polar surface area (TPSA) is 44.8 Å². The highest BCUT2D eigenvalue weighted by atomic mass is 16.5. The molecule has 2 aromatic rings. The van der Waals surface area contributed by atoms with Gasteiger partial charge in [0.05, 0.1) is 0 Å². The van der Waals surface area contributed by atoms with Crippen molar-refractivity contribution in [3.8, 4) is 5.75 Å². The molecule has 1 fully saturated rings. The number of piperazine rings is 1. The Balaban J connectivity index is 1.27. The molecule has 2 aromatic carbocycles. The van der Waals surface area contributed by atoms with E-state index in [0.717, 1.165) is 51.4 Å². The van der Waals surface area contributed by atoms with E-state index in [1.54, 1.807) is 6.92 Å². The number of para-hydroxylation sites is 1. The van der Waals surface area contributed by atoms with Crippen LogP contribution in [0.5, 0.6) is 5.75 Å². The van der Waals surface area contributed by atoms with Crippen molar-refractivity contribution in [2.75, 3.05) is 39.3 Å². The molecule has 1 N–H and O–H groups in total. The van der Waals surface area contributed by atoms with E-state index in [9.17, 15) is 4.79 Å². The van der Waals surface area contributed by atoms with Crippen LogP contribution < -0.4 is 10.1 Å². The summed E-state index contributed by atoms with van der Waals surface area (Å²) in [6, 6.07) is 20.1. The van der Waals surface area contributed by atoms with Gasteiger partial charge in [-0.3, -0.25) is 9.69 Å². The Morgan fingerprint density at radius 1 is 0.964 bits per heavy atom. The van der Waals surface area contributed by atoms with Crippen molar-refractivity contribution in [2.45, 2.75) is 26.0 Å². The summed E-state index contributed by atoms with van der Waals surface area (Å²) in [4.78, 5) is 17.2. The fourth-order valence-electron chi connectivity index (χ4n) is 3.43. The molecule has 0 bridgehead atoms. The van der Waals surface area contributed by atoms with Gasteiger partial charge in [0.2, 0.25) is 0 Å². The molecule has 0 spiro atoms. The number of hydrogen-bond donors (Lipinski definition) is 1. The van der Waals surface area contributed by atoms with Gasteiger partial charge < -0.3 is 15.0 Å². The van der Waals surface area contributed by atoms with Gasteiger partial charge in [-0.25, -0.2) is 0 Å². The first-order valence-corrected chi connectivity index (χ1v) is 10.2. The molecule has 1 heterocycles. The Morgan fingerprint density at radius 3 is 2.25 bits per heavy atom. The number of ether oxygens (including phenoxy) is 1. The predicted octanol–water partition coefficient (Wildman–Crippen LogP) is 2.78. The SMILES string of the molecule is CC(Oc1ccccc1)C(=O)NCCCN1CCN(Cc2ccccc2)CC1. The monoisotopic (exact) mass is 381 g/mol. The summed E-state index contributed by atoms with van der Waals surface area (Å²) >= 11 is 0. The van der Waals surface area contributed by atoms with Crippen LogP contribution >= 0.6 is 0 Å². The van der Waals surface area contributed by atoms with E-state index in [-0.39, 0.29) is 5.91 Å². The van der Waals surface area contributed by atoms with Gasteiger partial charge in [0, 0.05) is 39.3 Å². The fraction of sp³-hybridized carbons (Fsp3) is 0.435. The second-order valence-corrected chi connectivity index (χ2v) is 7.32. The number of amides is 1. The normalized spacial score (nSPS) is 16.5. The first-order valence-electron chi connectivity index (χ1n) is 10.2. The number of nitrogens with zero attached hydrogens (tertiary/aromatic N) is 2. The van der Waals surface area contributed by atoms with E-state index in [4.69, 9.17) is 4.74 Å². The van der Waals surface area contributed by atoms with Gasteiger partial charge in [-0.15, -0.1) is 0 Å². The number of rotatable bonds is 9. The van der Waals surface area contributed by atoms with Crippen molar-refractivity contribution in [3.05, 3.63) is 66.2 Å². The molecule has 150 valence electrons. The summed E-state index contributed by atoms with van der Waals surface area (Å²) in [6.07, 6.45) is 0.478. The Bertz CT molecular complexity index is 700. The number of carbonyl (C=O) groups is 1. The van der Waals surface area contributed by atoms with Gasteiger partial charge in [0.1, 0.15) is 5.75 Å². The van der Waals surface area contributed by atoms with Crippen molar-refractivity contribution in [1.29, 1.82) is 0 Å². The Kier molecular flexibility index (Phi) is 7.88. The van der Waals surface area contributed by atoms with Gasteiger partial charge in [0.25, 0.3) is 5.91 Å². The van der Waals surface area contributed by atoms with Crippen LogP contribution in [0.3, 0.4) is 0 Å². The number of nitrogens with one attached hydrogen (secondary N) is 1. The van der Waals surface area contributed by atoms with Gasteiger partial charge in [-0.05, 0) is 37.6 Å². The lowest BCUT2D eigenvalue weighted by Crippen LogP contribution is -2.46. The number of carbonyl (C=O) groups excluding carboxylic acids is 1. The molecule has 3 rings (SSSR count). The fourth-order valence-corrected chi connectivity index (χ4v) is 3.43. The molecule has 1 saturated heterocycles. The van der Waals surface area contributed by atoms with E-state index >= 15 is 0 Å². The number of hydrogen-bond acceptors (Lipinski definition) is 4. The van der Waals surface area contributed by atoms with Crippen LogP contribution in [0, 0.1) is 0 Å². The maximum absolute atomic E-state index is 12.2. The lowest BCUT2D eigenvalue weighted by Gasteiger charge is -2.34. The molecule has 28 heavy (non-hydrogen) atoms. The van der Waals surface area contributed by atoms with Crippen molar-refractivity contribution >= 4 is 5.91 Å². The molecular formula is C23H31N3O2. The molecule has 1 amide bonds. The molecule has 5 heteroatoms. The highest BCUT2D eigenvalue weighted by molar-refractivity contribution is 5.80. The third-order valence-corrected chi connectivity index (χ3v) is 5.09. The Labute approximate surface area is 168 Å². The zero-order chi connectivity index (χ0) is 19.6. The van der Waals surface area contributed by atoms with Crippen LogP contribution in [-0.2, 0) is 11.3 Å². The molecule has 0 aliphatic carbocycles. The van der Waals surface area contributed by atoms with Gasteiger partial charge in [-0.2, -0.15) is 0 Å². The van der Waals surface area contributed by atoms with E-state index in [2.05, 4.69) is 45.4 Å². The lowest BCUT2D eigenvalue weighted by atomic mass is 10.2. The van der Waals surface area contributed by atoms with Crippen LogP contribution in [0.2, 0.25) is 0 Å². The first kappa shape index (κ1) is 20.4. The molecule has 0 aromatic heterocycles. The summed E-state index contributed by atoms with van der Waals surface area (Å²) in [7, 11) is 0. The summed E-state index contributed by atoms with van der Waals surface area (Å²) in [6.45, 7) is 8.91. The van der Waals surface area contributed by atoms with E-state index in [1.165, 1.54) is 5.56 Å². The standard InChI is InChI=1S/C23H31N3O2/c1-20(28-22-11-6-3-7-12-22)23(27)24-13-8-14-25-15-17-26(18-16-25)19-21-9-4-2-5-10-21/h2-7,9-12,20H,8,13-19H2,1H3,(H,24,27). The zero-order valence-corrected chi connectivity index (χ0v) is 16.7.